The summed E-state index contributed by atoms with van der Waals surface area (Å²) in [5.41, 5.74) is -6.87. The molecule has 1 spiro atoms. The summed E-state index contributed by atoms with van der Waals surface area (Å²) in [4.78, 5) is 54.9. The minimum atomic E-state index is -2.03. The first-order valence-corrected chi connectivity index (χ1v) is 17.2. The van der Waals surface area contributed by atoms with Gasteiger partial charge < -0.3 is 38.3 Å². The Morgan fingerprint density at radius 2 is 1.33 bits per heavy atom. The molecular formula is C39H44O12. The first-order valence-electron chi connectivity index (χ1n) is 17.2. The molecule has 1 aliphatic heterocycles. The van der Waals surface area contributed by atoms with Gasteiger partial charge >= 0.3 is 23.9 Å². The molecule has 3 fully saturated rings. The van der Waals surface area contributed by atoms with E-state index >= 15 is 0 Å². The highest BCUT2D eigenvalue weighted by molar-refractivity contribution is 5.91. The Hall–Kier alpha value is -4.52. The number of carbonyl (C=O) groups is 4. The lowest BCUT2D eigenvalue weighted by Crippen LogP contribution is -2.83. The Balaban J connectivity index is 1.57. The molecule has 0 amide bonds. The lowest BCUT2D eigenvalue weighted by molar-refractivity contribution is -0.349. The minimum absolute atomic E-state index is 0.0716. The second kappa shape index (κ2) is 13.2. The average molecular weight is 705 g/mol. The van der Waals surface area contributed by atoms with Gasteiger partial charge in [-0.15, -0.1) is 0 Å². The first kappa shape index (κ1) is 36.3. The zero-order valence-corrected chi connectivity index (χ0v) is 29.4. The molecule has 2 N–H and O–H groups in total. The van der Waals surface area contributed by atoms with Gasteiger partial charge in [0.25, 0.3) is 0 Å². The van der Waals surface area contributed by atoms with E-state index in [1.54, 1.807) is 88.4 Å². The van der Waals surface area contributed by atoms with E-state index < -0.39 is 88.5 Å². The molecule has 3 aliphatic rings. The molecule has 0 radical (unpaired) electrons. The molecule has 51 heavy (non-hydrogen) atoms. The molecule has 1 unspecified atom stereocenters. The summed E-state index contributed by atoms with van der Waals surface area (Å²) >= 11 is 0. The number of furan rings is 1. The molecule has 10 atom stereocenters. The highest BCUT2D eigenvalue weighted by Gasteiger charge is 2.86. The largest absolute Gasteiger partial charge is 0.472 e. The third-order valence-corrected chi connectivity index (χ3v) is 11.1. The monoisotopic (exact) mass is 704 g/mol. The van der Waals surface area contributed by atoms with Crippen molar-refractivity contribution < 1.29 is 57.5 Å². The van der Waals surface area contributed by atoms with Gasteiger partial charge in [-0.05, 0) is 64.4 Å². The van der Waals surface area contributed by atoms with E-state index in [2.05, 4.69) is 0 Å². The van der Waals surface area contributed by atoms with Crippen LogP contribution in [-0.4, -0.2) is 81.4 Å². The van der Waals surface area contributed by atoms with Gasteiger partial charge in [-0.25, -0.2) is 14.4 Å². The fourth-order valence-corrected chi connectivity index (χ4v) is 8.49. The quantitative estimate of drug-likeness (QED) is 0.228. The standard InChI is InChI=1S/C39H44O12/c1-7-22(2)32(41)50-31-28(40)27-30(49-35(44)25-18-19-46-21-25)39(51-36(27,3)4)37(5,45)20-26(47-33(42)23-14-10-8-11-15-23)29(38(31,39)6)48-34(43)24-16-12-9-13-17-24/h8-19,21-22,26-31,40,45H,7,20H2,1-6H3/t22?,26-,27+,28+,29-,30+,31+,37-,38-,39-/m0/s1. The summed E-state index contributed by atoms with van der Waals surface area (Å²) in [5.74, 6) is -4.71. The predicted octanol–water partition coefficient (Wildman–Crippen LogP) is 4.91. The Labute approximate surface area is 296 Å². The molecule has 2 bridgehead atoms. The van der Waals surface area contributed by atoms with Crippen molar-refractivity contribution in [3.63, 3.8) is 0 Å². The van der Waals surface area contributed by atoms with Crippen molar-refractivity contribution in [2.24, 2.45) is 17.3 Å². The average Bonchev–Trinajstić information content (AvgIpc) is 3.72. The molecule has 272 valence electrons. The van der Waals surface area contributed by atoms with Gasteiger partial charge in [0.15, 0.2) is 6.10 Å². The van der Waals surface area contributed by atoms with Crippen LogP contribution in [0.2, 0.25) is 0 Å². The highest BCUT2D eigenvalue weighted by Crippen LogP contribution is 2.69. The van der Waals surface area contributed by atoms with Gasteiger partial charge in [-0.3, -0.25) is 4.79 Å². The van der Waals surface area contributed by atoms with Crippen LogP contribution in [-0.2, 0) is 28.5 Å². The van der Waals surface area contributed by atoms with Gasteiger partial charge in [0.2, 0.25) is 0 Å². The number of fused-ring (bicyclic) bond motifs is 1. The smallest absolute Gasteiger partial charge is 0.341 e. The highest BCUT2D eigenvalue weighted by atomic mass is 16.6. The van der Waals surface area contributed by atoms with E-state index in [9.17, 15) is 29.4 Å². The zero-order chi connectivity index (χ0) is 36.9. The number of carbonyl (C=O) groups excluding carboxylic acids is 4. The van der Waals surface area contributed by atoms with Crippen LogP contribution in [0.25, 0.3) is 0 Å². The second-order valence-corrected chi connectivity index (χ2v) is 14.7. The molecule has 12 nitrogen and oxygen atoms in total. The Morgan fingerprint density at radius 1 is 0.784 bits per heavy atom. The second-order valence-electron chi connectivity index (χ2n) is 14.7. The summed E-state index contributed by atoms with van der Waals surface area (Å²) in [6.07, 6.45) is -4.86. The van der Waals surface area contributed by atoms with Crippen LogP contribution in [0.3, 0.4) is 0 Å². The molecule has 1 aromatic heterocycles. The fraction of sp³-hybridized carbons (Fsp3) is 0.487. The number of benzene rings is 2. The number of hydrogen-bond donors (Lipinski definition) is 2. The summed E-state index contributed by atoms with van der Waals surface area (Å²) in [6.45, 7) is 9.83. The van der Waals surface area contributed by atoms with Crippen molar-refractivity contribution >= 4 is 23.9 Å². The van der Waals surface area contributed by atoms with E-state index in [-0.39, 0.29) is 23.1 Å². The number of rotatable bonds is 9. The summed E-state index contributed by atoms with van der Waals surface area (Å²) in [7, 11) is 0. The maximum atomic E-state index is 14.0. The van der Waals surface area contributed by atoms with Gasteiger partial charge in [0.05, 0.1) is 51.4 Å². The number of aliphatic hydroxyl groups excluding tert-OH is 1. The fourth-order valence-electron chi connectivity index (χ4n) is 8.49. The zero-order valence-electron chi connectivity index (χ0n) is 29.4. The maximum Gasteiger partial charge on any atom is 0.341 e. The molecule has 2 heterocycles. The van der Waals surface area contributed by atoms with Crippen LogP contribution in [0, 0.1) is 17.3 Å². The minimum Gasteiger partial charge on any atom is -0.472 e. The van der Waals surface area contributed by atoms with Gasteiger partial charge in [-0.2, -0.15) is 0 Å². The van der Waals surface area contributed by atoms with E-state index in [0.717, 1.165) is 0 Å². The Kier molecular flexibility index (Phi) is 9.41. The van der Waals surface area contributed by atoms with Gasteiger partial charge in [0.1, 0.15) is 36.3 Å². The van der Waals surface area contributed by atoms with Crippen LogP contribution in [0.4, 0.5) is 0 Å². The van der Waals surface area contributed by atoms with Crippen LogP contribution in [0.1, 0.15) is 85.5 Å². The van der Waals surface area contributed by atoms with E-state index in [4.69, 9.17) is 28.1 Å². The van der Waals surface area contributed by atoms with Crippen molar-refractivity contribution in [3.05, 3.63) is 95.9 Å². The first-order chi connectivity index (χ1) is 24.1. The molecule has 3 aromatic rings. The summed E-state index contributed by atoms with van der Waals surface area (Å²) < 4.78 is 36.8. The van der Waals surface area contributed by atoms with Crippen LogP contribution >= 0.6 is 0 Å². The van der Waals surface area contributed by atoms with E-state index in [1.165, 1.54) is 25.5 Å². The van der Waals surface area contributed by atoms with Crippen molar-refractivity contribution in [3.8, 4) is 0 Å². The lowest BCUT2D eigenvalue weighted by atomic mass is 9.46. The maximum absolute atomic E-state index is 14.0. The van der Waals surface area contributed by atoms with E-state index in [0.29, 0.717) is 6.42 Å². The number of aliphatic hydroxyl groups is 2. The number of ether oxygens (including phenoxy) is 5. The normalized spacial score (nSPS) is 34.0. The molecule has 12 heteroatoms. The topological polar surface area (TPSA) is 168 Å². The molecule has 2 aliphatic carbocycles. The Morgan fingerprint density at radius 3 is 1.88 bits per heavy atom. The molecule has 2 saturated carbocycles. The molecule has 1 saturated heterocycles. The SMILES string of the molecule is CCC(C)C(=O)O[C@@H]1[C@H](O)[C@@H]2[C@@H](OC(=O)c3ccoc3)[C@@]3(OC2(C)C)[C@@]1(C)[C@@H](OC(=O)c1ccccc1)[C@@H](OC(=O)c1ccccc1)C[C@]3(C)O. The third kappa shape index (κ3) is 5.83. The summed E-state index contributed by atoms with van der Waals surface area (Å²) in [6, 6.07) is 17.7. The van der Waals surface area contributed by atoms with Crippen molar-refractivity contribution in [2.45, 2.75) is 102 Å². The van der Waals surface area contributed by atoms with Crippen molar-refractivity contribution in [1.29, 1.82) is 0 Å². The van der Waals surface area contributed by atoms with Crippen molar-refractivity contribution in [2.75, 3.05) is 0 Å². The number of hydrogen-bond acceptors (Lipinski definition) is 12. The lowest BCUT2D eigenvalue weighted by Gasteiger charge is -2.65. The van der Waals surface area contributed by atoms with Crippen LogP contribution < -0.4 is 0 Å². The number of esters is 4. The van der Waals surface area contributed by atoms with Gasteiger partial charge in [0, 0.05) is 6.42 Å². The Bertz CT molecular complexity index is 1750. The van der Waals surface area contributed by atoms with Crippen molar-refractivity contribution in [1.82, 2.24) is 0 Å². The molecule has 6 rings (SSSR count). The van der Waals surface area contributed by atoms with Crippen LogP contribution in [0.5, 0.6) is 0 Å². The van der Waals surface area contributed by atoms with E-state index in [1.807, 2.05) is 6.92 Å². The predicted molar refractivity (Wildman–Crippen MR) is 179 cm³/mol. The van der Waals surface area contributed by atoms with Gasteiger partial charge in [-0.1, -0.05) is 50.2 Å². The molecule has 2 aromatic carbocycles. The summed E-state index contributed by atoms with van der Waals surface area (Å²) in [5, 5.41) is 25.2. The third-order valence-electron chi connectivity index (χ3n) is 11.1. The molecular weight excluding hydrogens is 660 g/mol. The van der Waals surface area contributed by atoms with Crippen LogP contribution in [0.15, 0.2) is 83.7 Å².